The van der Waals surface area contributed by atoms with Crippen LogP contribution in [0, 0.1) is 5.82 Å². The van der Waals surface area contributed by atoms with Crippen LogP contribution in [0.2, 0.25) is 5.02 Å². The zero-order valence-corrected chi connectivity index (χ0v) is 29.2. The molecule has 0 saturated heterocycles. The van der Waals surface area contributed by atoms with Crippen molar-refractivity contribution in [3.8, 4) is 11.9 Å². The van der Waals surface area contributed by atoms with E-state index in [0.717, 1.165) is 38.5 Å². The van der Waals surface area contributed by atoms with Crippen LogP contribution in [0.25, 0.3) is 21.0 Å². The number of thiophene rings is 1. The number of hydrogen-bond acceptors (Lipinski definition) is 9. The van der Waals surface area contributed by atoms with Crippen molar-refractivity contribution < 1.29 is 33.4 Å². The quantitative estimate of drug-likeness (QED) is 0.123. The van der Waals surface area contributed by atoms with Gasteiger partial charge < -0.3 is 28.8 Å². The largest absolute Gasteiger partial charge is 0.495 e. The molecule has 2 aromatic carbocycles. The van der Waals surface area contributed by atoms with E-state index in [0.29, 0.717) is 18.2 Å². The lowest BCUT2D eigenvalue weighted by Gasteiger charge is -2.25. The summed E-state index contributed by atoms with van der Waals surface area (Å²) in [7, 11) is -1.69. The van der Waals surface area contributed by atoms with E-state index in [1.54, 1.807) is 24.3 Å². The Morgan fingerprint density at radius 3 is 2.45 bits per heavy atom. The van der Waals surface area contributed by atoms with Gasteiger partial charge in [0, 0.05) is 34.0 Å². The highest BCUT2D eigenvalue weighted by molar-refractivity contribution is 7.17. The minimum absolute atomic E-state index is 0.113. The average Bonchev–Trinajstić information content (AvgIpc) is 3.52. The molecule has 250 valence electrons. The van der Waals surface area contributed by atoms with Crippen molar-refractivity contribution in [3.05, 3.63) is 76.1 Å². The minimum atomic E-state index is -1.69. The standard InChI is InChI=1S/C21H17ClFNO2S.C13H23BN2O4/c1-2-26-21(25)7-13-10-24(19-9-16(23)4-5-17(13)19)11-14-12-27-20-6-3-15(22)8-18(14)20;1-7-13(5,6)20-11-15-8-9(14(17)18)10(16-11)19-12(2,3)4/h3-6,8-10,12H,2,7,11H2,1H3;8,17-18H,7H2,1-6H3. The van der Waals surface area contributed by atoms with Crippen molar-refractivity contribution >= 4 is 62.5 Å². The summed E-state index contributed by atoms with van der Waals surface area (Å²) in [5.41, 5.74) is 1.90. The Morgan fingerprint density at radius 2 is 1.79 bits per heavy atom. The molecule has 0 unspecified atom stereocenters. The zero-order valence-electron chi connectivity index (χ0n) is 27.6. The SMILES string of the molecule is CCC(C)(C)Oc1ncc(B(O)O)c(OC(C)(C)C)n1.CCOC(=O)Cc1cn(Cc2csc3ccc(Cl)cc23)c2cc(F)ccc12. The topological polar surface area (TPSA) is 116 Å². The van der Waals surface area contributed by atoms with Crippen LogP contribution in [-0.4, -0.2) is 55.5 Å². The number of carbonyl (C=O) groups excluding carboxylic acids is 1. The van der Waals surface area contributed by atoms with E-state index in [-0.39, 0.29) is 35.6 Å². The van der Waals surface area contributed by atoms with Crippen LogP contribution >= 0.6 is 22.9 Å². The molecule has 0 atom stereocenters. The van der Waals surface area contributed by atoms with E-state index in [1.165, 1.54) is 18.3 Å². The Kier molecular flexibility index (Phi) is 11.5. The fourth-order valence-electron chi connectivity index (χ4n) is 4.62. The number of carbonyl (C=O) groups is 1. The first-order valence-electron chi connectivity index (χ1n) is 15.3. The number of hydrogen-bond donors (Lipinski definition) is 2. The predicted molar refractivity (Wildman–Crippen MR) is 185 cm³/mol. The summed E-state index contributed by atoms with van der Waals surface area (Å²) >= 11 is 7.81. The number of ether oxygens (including phenoxy) is 3. The third kappa shape index (κ3) is 9.66. The third-order valence-electron chi connectivity index (χ3n) is 7.18. The number of nitrogens with zero attached hydrogens (tertiary/aromatic N) is 3. The first-order chi connectivity index (χ1) is 22.1. The van der Waals surface area contributed by atoms with Crippen molar-refractivity contribution in [3.63, 3.8) is 0 Å². The maximum atomic E-state index is 13.9. The van der Waals surface area contributed by atoms with Crippen LogP contribution in [0.1, 0.15) is 66.0 Å². The van der Waals surface area contributed by atoms with Crippen molar-refractivity contribution in [2.45, 2.75) is 79.1 Å². The van der Waals surface area contributed by atoms with E-state index in [1.807, 2.05) is 70.5 Å². The molecule has 5 aromatic rings. The van der Waals surface area contributed by atoms with Gasteiger partial charge in [0.15, 0.2) is 0 Å². The van der Waals surface area contributed by atoms with Crippen LogP contribution < -0.4 is 14.9 Å². The van der Waals surface area contributed by atoms with Gasteiger partial charge in [0.05, 0.1) is 24.0 Å². The van der Waals surface area contributed by atoms with Gasteiger partial charge >= 0.3 is 19.1 Å². The molecular formula is C34H40BClFN3O6S. The van der Waals surface area contributed by atoms with Gasteiger partial charge in [-0.05, 0) is 106 Å². The zero-order chi connectivity index (χ0) is 34.5. The Labute approximate surface area is 283 Å². The average molecular weight is 684 g/mol. The molecule has 0 spiro atoms. The van der Waals surface area contributed by atoms with Gasteiger partial charge in [0.25, 0.3) is 0 Å². The van der Waals surface area contributed by atoms with Crippen molar-refractivity contribution in [1.29, 1.82) is 0 Å². The highest BCUT2D eigenvalue weighted by Gasteiger charge is 2.26. The molecule has 3 aromatic heterocycles. The number of esters is 1. The number of rotatable bonds is 10. The summed E-state index contributed by atoms with van der Waals surface area (Å²) in [6, 6.07) is 10.6. The molecular weight excluding hydrogens is 644 g/mol. The molecule has 47 heavy (non-hydrogen) atoms. The van der Waals surface area contributed by atoms with Gasteiger partial charge in [0.2, 0.25) is 5.88 Å². The second kappa shape index (κ2) is 15.0. The van der Waals surface area contributed by atoms with Crippen LogP contribution in [0.15, 0.2) is 54.2 Å². The summed E-state index contributed by atoms with van der Waals surface area (Å²) in [6.45, 7) is 14.1. The van der Waals surface area contributed by atoms with Crippen molar-refractivity contribution in [1.82, 2.24) is 14.5 Å². The lowest BCUT2D eigenvalue weighted by Crippen LogP contribution is -2.37. The molecule has 0 aliphatic heterocycles. The fourth-order valence-corrected chi connectivity index (χ4v) is 5.72. The maximum absolute atomic E-state index is 13.9. The summed E-state index contributed by atoms with van der Waals surface area (Å²) in [5.74, 6) is -0.471. The monoisotopic (exact) mass is 683 g/mol. The first kappa shape index (κ1) is 36.1. The lowest BCUT2D eigenvalue weighted by atomic mass is 9.82. The van der Waals surface area contributed by atoms with E-state index in [2.05, 4.69) is 15.3 Å². The fraction of sp³-hybridized carbons (Fsp3) is 0.382. The smallest absolute Gasteiger partial charge is 0.472 e. The molecule has 13 heteroatoms. The summed E-state index contributed by atoms with van der Waals surface area (Å²) in [6.07, 6.45) is 4.17. The maximum Gasteiger partial charge on any atom is 0.495 e. The Morgan fingerprint density at radius 1 is 1.04 bits per heavy atom. The van der Waals surface area contributed by atoms with Crippen LogP contribution in [0.4, 0.5) is 4.39 Å². The molecule has 0 amide bonds. The summed E-state index contributed by atoms with van der Waals surface area (Å²) < 4.78 is 33.4. The highest BCUT2D eigenvalue weighted by atomic mass is 35.5. The number of aromatic nitrogens is 3. The molecule has 5 rings (SSSR count). The number of benzene rings is 2. The van der Waals surface area contributed by atoms with Gasteiger partial charge in [-0.15, -0.1) is 11.3 Å². The number of fused-ring (bicyclic) bond motifs is 2. The number of halogens is 2. The molecule has 0 fully saturated rings. The van der Waals surface area contributed by atoms with Crippen molar-refractivity contribution in [2.24, 2.45) is 0 Å². The van der Waals surface area contributed by atoms with E-state index in [4.69, 9.17) is 25.8 Å². The van der Waals surface area contributed by atoms with Crippen LogP contribution in [-0.2, 0) is 22.5 Å². The normalized spacial score (nSPS) is 11.7. The molecule has 3 heterocycles. The van der Waals surface area contributed by atoms with Gasteiger partial charge in [-0.25, -0.2) is 9.37 Å². The molecule has 0 bridgehead atoms. The van der Waals surface area contributed by atoms with Gasteiger partial charge in [-0.1, -0.05) is 18.5 Å². The third-order valence-corrected chi connectivity index (χ3v) is 8.43. The van der Waals surface area contributed by atoms with Gasteiger partial charge in [-0.3, -0.25) is 4.79 Å². The lowest BCUT2D eigenvalue weighted by molar-refractivity contribution is -0.142. The second-order valence-electron chi connectivity index (χ2n) is 12.5. The summed E-state index contributed by atoms with van der Waals surface area (Å²) in [4.78, 5) is 20.1. The van der Waals surface area contributed by atoms with E-state index < -0.39 is 18.3 Å². The van der Waals surface area contributed by atoms with Crippen LogP contribution in [0.5, 0.6) is 11.9 Å². The molecule has 9 nitrogen and oxygen atoms in total. The first-order valence-corrected chi connectivity index (χ1v) is 16.5. The Balaban J connectivity index is 0.000000224. The molecule has 0 aliphatic rings. The molecule has 0 radical (unpaired) electrons. The molecule has 0 aliphatic carbocycles. The van der Waals surface area contributed by atoms with E-state index in [9.17, 15) is 19.2 Å². The minimum Gasteiger partial charge on any atom is -0.472 e. The predicted octanol–water partition coefficient (Wildman–Crippen LogP) is 6.70. The van der Waals surface area contributed by atoms with E-state index >= 15 is 0 Å². The Hall–Kier alpha value is -3.71. The summed E-state index contributed by atoms with van der Waals surface area (Å²) in [5, 5.41) is 23.4. The van der Waals surface area contributed by atoms with Crippen molar-refractivity contribution in [2.75, 3.05) is 6.61 Å². The second-order valence-corrected chi connectivity index (χ2v) is 13.9. The highest BCUT2D eigenvalue weighted by Crippen LogP contribution is 2.31. The van der Waals surface area contributed by atoms with Gasteiger partial charge in [-0.2, -0.15) is 4.98 Å². The molecule has 0 saturated carbocycles. The molecule has 2 N–H and O–H groups in total. The van der Waals surface area contributed by atoms with Gasteiger partial charge in [0.1, 0.15) is 17.0 Å². The van der Waals surface area contributed by atoms with Crippen LogP contribution in [0.3, 0.4) is 0 Å². The Bertz CT molecular complexity index is 1850.